The van der Waals surface area contributed by atoms with Crippen molar-refractivity contribution in [1.29, 1.82) is 0 Å². The van der Waals surface area contributed by atoms with Gasteiger partial charge >= 0.3 is 6.09 Å². The van der Waals surface area contributed by atoms with Crippen LogP contribution in [0.3, 0.4) is 0 Å². The lowest BCUT2D eigenvalue weighted by atomic mass is 10.0. The van der Waals surface area contributed by atoms with E-state index in [2.05, 4.69) is 52.3 Å². The molecule has 1 fully saturated rings. The number of fused-ring (bicyclic) bond motifs is 1. The molecule has 32 heavy (non-hydrogen) atoms. The SMILES string of the molecule is COC(=O)N[C@H](C(=O)N1CCC[C@H]1c1ncc(-c2ccc(C)c3[nH]c(C)cc23)[nH]1)C(C)C. The number of carbonyl (C=O) groups excluding carboxylic acids is 2. The first-order chi connectivity index (χ1) is 15.3. The smallest absolute Gasteiger partial charge is 0.407 e. The molecule has 8 nitrogen and oxygen atoms in total. The molecule has 0 unspecified atom stereocenters. The molecule has 2 amide bonds. The number of benzene rings is 1. The zero-order valence-electron chi connectivity index (χ0n) is 19.3. The molecule has 3 N–H and O–H groups in total. The van der Waals surface area contributed by atoms with E-state index in [-0.39, 0.29) is 17.9 Å². The van der Waals surface area contributed by atoms with Crippen molar-refractivity contribution in [3.63, 3.8) is 0 Å². The van der Waals surface area contributed by atoms with E-state index >= 15 is 0 Å². The Morgan fingerprint density at radius 3 is 2.75 bits per heavy atom. The number of carbonyl (C=O) groups is 2. The van der Waals surface area contributed by atoms with Gasteiger partial charge in [0.1, 0.15) is 11.9 Å². The van der Waals surface area contributed by atoms with Crippen LogP contribution in [-0.4, -0.2) is 51.5 Å². The number of aromatic nitrogens is 3. The number of imidazole rings is 1. The Hall–Kier alpha value is -3.29. The van der Waals surface area contributed by atoms with Crippen molar-refractivity contribution in [2.75, 3.05) is 13.7 Å². The number of likely N-dealkylation sites (tertiary alicyclic amines) is 1. The third-order valence-corrected chi connectivity index (χ3v) is 6.27. The quantitative estimate of drug-likeness (QED) is 0.556. The van der Waals surface area contributed by atoms with E-state index in [0.717, 1.165) is 46.5 Å². The molecule has 3 heterocycles. The van der Waals surface area contributed by atoms with Gasteiger partial charge in [0.25, 0.3) is 0 Å². The highest BCUT2D eigenvalue weighted by Gasteiger charge is 2.37. The summed E-state index contributed by atoms with van der Waals surface area (Å²) in [5, 5.41) is 3.84. The lowest BCUT2D eigenvalue weighted by Gasteiger charge is -2.30. The van der Waals surface area contributed by atoms with Crippen LogP contribution >= 0.6 is 0 Å². The molecule has 1 saturated heterocycles. The van der Waals surface area contributed by atoms with E-state index < -0.39 is 12.1 Å². The molecule has 1 aliphatic rings. The maximum atomic E-state index is 13.3. The Kier molecular flexibility index (Phi) is 5.95. The monoisotopic (exact) mass is 437 g/mol. The summed E-state index contributed by atoms with van der Waals surface area (Å²) < 4.78 is 4.71. The van der Waals surface area contributed by atoms with Crippen molar-refractivity contribution in [3.05, 3.63) is 41.5 Å². The maximum Gasteiger partial charge on any atom is 0.407 e. The van der Waals surface area contributed by atoms with Crippen LogP contribution in [0, 0.1) is 19.8 Å². The van der Waals surface area contributed by atoms with Gasteiger partial charge in [-0.25, -0.2) is 9.78 Å². The van der Waals surface area contributed by atoms with Gasteiger partial charge in [0.15, 0.2) is 0 Å². The third kappa shape index (κ3) is 3.97. The topological polar surface area (TPSA) is 103 Å². The highest BCUT2D eigenvalue weighted by atomic mass is 16.5. The molecule has 0 spiro atoms. The number of H-pyrrole nitrogens is 2. The predicted octanol–water partition coefficient (Wildman–Crippen LogP) is 4.22. The fourth-order valence-corrected chi connectivity index (χ4v) is 4.56. The van der Waals surface area contributed by atoms with E-state index in [9.17, 15) is 9.59 Å². The number of nitrogens with zero attached hydrogens (tertiary/aromatic N) is 2. The predicted molar refractivity (Wildman–Crippen MR) is 123 cm³/mol. The summed E-state index contributed by atoms with van der Waals surface area (Å²) in [6.45, 7) is 8.61. The van der Waals surface area contributed by atoms with E-state index in [4.69, 9.17) is 4.74 Å². The van der Waals surface area contributed by atoms with Gasteiger partial charge in [0.05, 0.1) is 25.0 Å². The zero-order valence-corrected chi connectivity index (χ0v) is 19.3. The fraction of sp³-hybridized carbons (Fsp3) is 0.458. The molecule has 3 aromatic rings. The number of aryl methyl sites for hydroxylation is 2. The number of rotatable bonds is 5. The van der Waals surface area contributed by atoms with Gasteiger partial charge in [-0.05, 0) is 44.2 Å². The molecule has 0 aliphatic carbocycles. The van der Waals surface area contributed by atoms with E-state index in [1.54, 1.807) is 0 Å². The number of ether oxygens (including phenoxy) is 1. The third-order valence-electron chi connectivity index (χ3n) is 6.27. The summed E-state index contributed by atoms with van der Waals surface area (Å²) in [7, 11) is 1.30. The van der Waals surface area contributed by atoms with Crippen molar-refractivity contribution in [2.24, 2.45) is 5.92 Å². The van der Waals surface area contributed by atoms with E-state index in [1.807, 2.05) is 24.9 Å². The summed E-state index contributed by atoms with van der Waals surface area (Å²) >= 11 is 0. The molecule has 4 rings (SSSR count). The van der Waals surface area contributed by atoms with Crippen LogP contribution in [0.1, 0.15) is 49.8 Å². The second-order valence-corrected chi connectivity index (χ2v) is 8.90. The molecule has 1 aromatic carbocycles. The lowest BCUT2D eigenvalue weighted by Crippen LogP contribution is -2.51. The van der Waals surface area contributed by atoms with Gasteiger partial charge in [-0.15, -0.1) is 0 Å². The first-order valence-electron chi connectivity index (χ1n) is 11.1. The average Bonchev–Trinajstić information content (AvgIpc) is 3.50. The summed E-state index contributed by atoms with van der Waals surface area (Å²) in [4.78, 5) is 38.5. The molecular weight excluding hydrogens is 406 g/mol. The first kappa shape index (κ1) is 21.9. The summed E-state index contributed by atoms with van der Waals surface area (Å²) in [6, 6.07) is 5.57. The minimum atomic E-state index is -0.642. The van der Waals surface area contributed by atoms with E-state index in [0.29, 0.717) is 6.54 Å². The molecule has 8 heteroatoms. The minimum Gasteiger partial charge on any atom is -0.453 e. The Balaban J connectivity index is 1.62. The molecule has 0 radical (unpaired) electrons. The van der Waals surface area contributed by atoms with Gasteiger partial charge in [-0.2, -0.15) is 0 Å². The molecule has 0 bridgehead atoms. The number of aromatic amines is 2. The lowest BCUT2D eigenvalue weighted by molar-refractivity contribution is -0.135. The van der Waals surface area contributed by atoms with Crippen molar-refractivity contribution in [3.8, 4) is 11.3 Å². The van der Waals surface area contributed by atoms with Crippen molar-refractivity contribution in [2.45, 2.75) is 52.6 Å². The van der Waals surface area contributed by atoms with Crippen LogP contribution in [-0.2, 0) is 9.53 Å². The fourth-order valence-electron chi connectivity index (χ4n) is 4.56. The van der Waals surface area contributed by atoms with Gasteiger partial charge < -0.3 is 24.9 Å². The number of nitrogens with one attached hydrogen (secondary N) is 3. The summed E-state index contributed by atoms with van der Waals surface area (Å²) in [6.07, 6.45) is 2.96. The average molecular weight is 438 g/mol. The van der Waals surface area contributed by atoms with Crippen molar-refractivity contribution < 1.29 is 14.3 Å². The Bertz CT molecular complexity index is 1150. The number of methoxy groups -OCH3 is 1. The molecule has 170 valence electrons. The molecular formula is C24H31N5O3. The van der Waals surface area contributed by atoms with E-state index in [1.165, 1.54) is 12.7 Å². The van der Waals surface area contributed by atoms with Crippen molar-refractivity contribution >= 4 is 22.9 Å². The summed E-state index contributed by atoms with van der Waals surface area (Å²) in [5.74, 6) is 0.602. The van der Waals surface area contributed by atoms with Crippen LogP contribution < -0.4 is 5.32 Å². The van der Waals surface area contributed by atoms with Gasteiger partial charge in [-0.3, -0.25) is 4.79 Å². The van der Waals surface area contributed by atoms with Crippen LogP contribution in [0.15, 0.2) is 24.4 Å². The standard InChI is InChI=1S/C24H31N5O3/c1-13(2)20(28-24(31)32-5)23(30)29-10-6-7-19(29)22-25-12-18(27-22)16-9-8-14(3)21-17(16)11-15(4)26-21/h8-9,11-13,19-20,26H,6-7,10H2,1-5H3,(H,25,27)(H,28,31)/t19-,20-/m0/s1. The van der Waals surface area contributed by atoms with Crippen LogP contribution in [0.4, 0.5) is 4.79 Å². The Labute approximate surface area is 187 Å². The largest absolute Gasteiger partial charge is 0.453 e. The number of amides is 2. The van der Waals surface area contributed by atoms with Crippen LogP contribution in [0.5, 0.6) is 0 Å². The van der Waals surface area contributed by atoms with Gasteiger partial charge in [0.2, 0.25) is 5.91 Å². The summed E-state index contributed by atoms with van der Waals surface area (Å²) in [5.41, 5.74) is 5.44. The molecule has 1 aliphatic heterocycles. The second-order valence-electron chi connectivity index (χ2n) is 8.90. The molecule has 2 aromatic heterocycles. The number of hydrogen-bond acceptors (Lipinski definition) is 4. The highest BCUT2D eigenvalue weighted by molar-refractivity contribution is 5.96. The second kappa shape index (κ2) is 8.68. The first-order valence-corrected chi connectivity index (χ1v) is 11.1. The van der Waals surface area contributed by atoms with Gasteiger partial charge in [0, 0.05) is 28.7 Å². The van der Waals surface area contributed by atoms with Gasteiger partial charge in [-0.1, -0.05) is 26.0 Å². The number of hydrogen-bond donors (Lipinski definition) is 3. The molecule has 2 atom stereocenters. The zero-order chi connectivity index (χ0) is 23.0. The highest BCUT2D eigenvalue weighted by Crippen LogP contribution is 2.35. The Morgan fingerprint density at radius 1 is 1.25 bits per heavy atom. The normalized spacial score (nSPS) is 17.2. The maximum absolute atomic E-state index is 13.3. The van der Waals surface area contributed by atoms with Crippen LogP contribution in [0.25, 0.3) is 22.2 Å². The Morgan fingerprint density at radius 2 is 2.03 bits per heavy atom. The van der Waals surface area contributed by atoms with Crippen LogP contribution in [0.2, 0.25) is 0 Å². The molecule has 0 saturated carbocycles. The minimum absolute atomic E-state index is 0.0623. The number of alkyl carbamates (subject to hydrolysis) is 1. The van der Waals surface area contributed by atoms with Crippen molar-refractivity contribution in [1.82, 2.24) is 25.2 Å².